The standard InChI is InChI=1S/C36H44ClFN4O5/c1-35(2,3)47-34(45)41-15-10-28(22-41)39-33(44)36(25-4-7-27(38)8-5-25)13-16-40(17-14-36)32(43)30-23-42(21-24-11-18-46-19-12-24)31-9-6-26(37)20-29(30)31/h4-9,20,23-24,28H,10-19,21-22H2,1-3H3,(H,39,44)/t28-/m1/s1. The smallest absolute Gasteiger partial charge is 0.410 e. The summed E-state index contributed by atoms with van der Waals surface area (Å²) in [4.78, 5) is 44.3. The number of amides is 3. The lowest BCUT2D eigenvalue weighted by atomic mass is 9.71. The molecule has 0 aliphatic carbocycles. The number of likely N-dealkylation sites (tertiary alicyclic amines) is 2. The van der Waals surface area contributed by atoms with Gasteiger partial charge in [-0.25, -0.2) is 9.18 Å². The normalized spacial score (nSPS) is 20.4. The maximum atomic E-state index is 14.1. The average molecular weight is 667 g/mol. The van der Waals surface area contributed by atoms with Crippen molar-refractivity contribution in [3.8, 4) is 0 Å². The molecule has 1 aromatic heterocycles. The van der Waals surface area contributed by atoms with E-state index in [2.05, 4.69) is 9.88 Å². The van der Waals surface area contributed by atoms with Crippen LogP contribution in [-0.2, 0) is 26.2 Å². The Kier molecular flexibility index (Phi) is 9.54. The molecule has 11 heteroatoms. The minimum atomic E-state index is -0.954. The van der Waals surface area contributed by atoms with Gasteiger partial charge < -0.3 is 29.2 Å². The SMILES string of the molecule is CC(C)(C)OC(=O)N1CC[C@@H](NC(=O)C2(c3ccc(F)cc3)CCN(C(=O)c3cn(CC4CCOCC4)c4ccc(Cl)cc34)CC2)C1. The first-order chi connectivity index (χ1) is 22.4. The van der Waals surface area contributed by atoms with Crippen molar-refractivity contribution in [1.29, 1.82) is 0 Å². The van der Waals surface area contributed by atoms with Crippen LogP contribution in [-0.4, -0.2) is 83.3 Å². The predicted molar refractivity (Wildman–Crippen MR) is 178 cm³/mol. The van der Waals surface area contributed by atoms with E-state index in [4.69, 9.17) is 21.1 Å². The number of hydrogen-bond donors (Lipinski definition) is 1. The van der Waals surface area contributed by atoms with E-state index >= 15 is 0 Å². The number of hydrogen-bond acceptors (Lipinski definition) is 5. The van der Waals surface area contributed by atoms with Crippen molar-refractivity contribution < 1.29 is 28.2 Å². The van der Waals surface area contributed by atoms with Crippen LogP contribution in [0.5, 0.6) is 0 Å². The number of piperidine rings is 1. The summed E-state index contributed by atoms with van der Waals surface area (Å²) in [6.45, 7) is 9.32. The lowest BCUT2D eigenvalue weighted by Crippen LogP contribution is -2.55. The number of ether oxygens (including phenoxy) is 2. The number of nitrogens with one attached hydrogen (secondary N) is 1. The molecule has 3 aromatic rings. The van der Waals surface area contributed by atoms with Gasteiger partial charge >= 0.3 is 6.09 Å². The predicted octanol–water partition coefficient (Wildman–Crippen LogP) is 6.16. The number of fused-ring (bicyclic) bond motifs is 1. The van der Waals surface area contributed by atoms with E-state index in [0.717, 1.165) is 43.5 Å². The van der Waals surface area contributed by atoms with E-state index < -0.39 is 17.1 Å². The molecule has 0 radical (unpaired) electrons. The first kappa shape index (κ1) is 33.3. The van der Waals surface area contributed by atoms with E-state index in [1.54, 1.807) is 17.0 Å². The fraction of sp³-hybridized carbons (Fsp3) is 0.528. The van der Waals surface area contributed by atoms with Gasteiger partial charge in [-0.2, -0.15) is 0 Å². The van der Waals surface area contributed by atoms with Gasteiger partial charge in [-0.05, 0) is 94.7 Å². The van der Waals surface area contributed by atoms with E-state index in [-0.39, 0.29) is 23.7 Å². The molecule has 2 aromatic carbocycles. The summed E-state index contributed by atoms with van der Waals surface area (Å²) in [5.74, 6) is -0.178. The third-order valence-electron chi connectivity index (χ3n) is 9.78. The van der Waals surface area contributed by atoms with E-state index in [1.165, 1.54) is 12.1 Å². The van der Waals surface area contributed by atoms with Crippen LogP contribution in [0.15, 0.2) is 48.7 Å². The molecule has 3 aliphatic heterocycles. The van der Waals surface area contributed by atoms with Gasteiger partial charge in [0, 0.05) is 74.1 Å². The van der Waals surface area contributed by atoms with Crippen LogP contribution in [0.2, 0.25) is 5.02 Å². The number of halogens is 2. The summed E-state index contributed by atoms with van der Waals surface area (Å²) in [5.41, 5.74) is 0.720. The zero-order valence-electron chi connectivity index (χ0n) is 27.4. The first-order valence-corrected chi connectivity index (χ1v) is 17.0. The maximum Gasteiger partial charge on any atom is 0.410 e. The molecule has 0 unspecified atom stereocenters. The zero-order valence-corrected chi connectivity index (χ0v) is 28.2. The molecule has 1 atom stereocenters. The molecule has 47 heavy (non-hydrogen) atoms. The molecule has 4 heterocycles. The Bertz CT molecular complexity index is 1620. The summed E-state index contributed by atoms with van der Waals surface area (Å²) in [6, 6.07) is 11.5. The van der Waals surface area contributed by atoms with E-state index in [9.17, 15) is 18.8 Å². The van der Waals surface area contributed by atoms with Crippen molar-refractivity contribution in [2.24, 2.45) is 5.92 Å². The van der Waals surface area contributed by atoms with Crippen LogP contribution in [0, 0.1) is 11.7 Å². The lowest BCUT2D eigenvalue weighted by molar-refractivity contribution is -0.129. The maximum absolute atomic E-state index is 14.1. The number of carbonyl (C=O) groups is 3. The Hall–Kier alpha value is -3.63. The first-order valence-electron chi connectivity index (χ1n) is 16.6. The number of carbonyl (C=O) groups excluding carboxylic acids is 3. The Morgan fingerprint density at radius 1 is 1.00 bits per heavy atom. The second-order valence-corrected chi connectivity index (χ2v) is 14.6. The van der Waals surface area contributed by atoms with Crippen molar-refractivity contribution in [3.63, 3.8) is 0 Å². The molecule has 252 valence electrons. The van der Waals surface area contributed by atoms with Gasteiger partial charge in [0.1, 0.15) is 11.4 Å². The molecule has 3 aliphatic rings. The number of benzene rings is 2. The highest BCUT2D eigenvalue weighted by Gasteiger charge is 2.45. The molecule has 9 nitrogen and oxygen atoms in total. The summed E-state index contributed by atoms with van der Waals surface area (Å²) in [6.07, 6.45) is 4.87. The molecular formula is C36H44ClFN4O5. The van der Waals surface area contributed by atoms with Crippen LogP contribution in [0.3, 0.4) is 0 Å². The third kappa shape index (κ3) is 7.28. The highest BCUT2D eigenvalue weighted by atomic mass is 35.5. The quantitative estimate of drug-likeness (QED) is 0.340. The fourth-order valence-corrected chi connectivity index (χ4v) is 7.34. The number of nitrogens with zero attached hydrogens (tertiary/aromatic N) is 3. The Balaban J connectivity index is 1.19. The number of aromatic nitrogens is 1. The van der Waals surface area contributed by atoms with Crippen molar-refractivity contribution in [1.82, 2.24) is 19.7 Å². The highest BCUT2D eigenvalue weighted by Crippen LogP contribution is 2.38. The van der Waals surface area contributed by atoms with E-state index in [0.29, 0.717) is 67.5 Å². The Morgan fingerprint density at radius 3 is 2.38 bits per heavy atom. The summed E-state index contributed by atoms with van der Waals surface area (Å²) < 4.78 is 27.2. The Labute approximate surface area is 280 Å². The van der Waals surface area contributed by atoms with Gasteiger partial charge in [0.15, 0.2) is 0 Å². The highest BCUT2D eigenvalue weighted by molar-refractivity contribution is 6.31. The lowest BCUT2D eigenvalue weighted by Gasteiger charge is -2.41. The number of rotatable bonds is 6. The van der Waals surface area contributed by atoms with Crippen LogP contribution in [0.25, 0.3) is 10.9 Å². The molecule has 0 bridgehead atoms. The Morgan fingerprint density at radius 2 is 1.70 bits per heavy atom. The molecular weight excluding hydrogens is 623 g/mol. The average Bonchev–Trinajstić information content (AvgIpc) is 3.65. The minimum absolute atomic E-state index is 0.0973. The molecule has 3 amide bonds. The van der Waals surface area contributed by atoms with Gasteiger partial charge in [0.2, 0.25) is 5.91 Å². The third-order valence-corrected chi connectivity index (χ3v) is 10.0. The molecule has 3 fully saturated rings. The van der Waals surface area contributed by atoms with Crippen molar-refractivity contribution in [3.05, 3.63) is 70.6 Å². The van der Waals surface area contributed by atoms with Crippen LogP contribution in [0.1, 0.15) is 68.8 Å². The van der Waals surface area contributed by atoms with Crippen LogP contribution >= 0.6 is 11.6 Å². The van der Waals surface area contributed by atoms with Crippen molar-refractivity contribution in [2.75, 3.05) is 39.4 Å². The minimum Gasteiger partial charge on any atom is -0.444 e. The van der Waals surface area contributed by atoms with Crippen LogP contribution < -0.4 is 5.32 Å². The topological polar surface area (TPSA) is 93.1 Å². The van der Waals surface area contributed by atoms with Gasteiger partial charge in [0.05, 0.1) is 11.0 Å². The second-order valence-electron chi connectivity index (χ2n) is 14.2. The largest absolute Gasteiger partial charge is 0.444 e. The van der Waals surface area contributed by atoms with Crippen molar-refractivity contribution in [2.45, 2.75) is 76.5 Å². The van der Waals surface area contributed by atoms with Gasteiger partial charge in [-0.3, -0.25) is 9.59 Å². The summed E-state index contributed by atoms with van der Waals surface area (Å²) in [7, 11) is 0. The van der Waals surface area contributed by atoms with Crippen molar-refractivity contribution >= 4 is 40.4 Å². The summed E-state index contributed by atoms with van der Waals surface area (Å²) in [5, 5.41) is 4.57. The van der Waals surface area contributed by atoms with Gasteiger partial charge in [0.25, 0.3) is 5.91 Å². The second kappa shape index (κ2) is 13.5. The fourth-order valence-electron chi connectivity index (χ4n) is 7.17. The van der Waals surface area contributed by atoms with Gasteiger partial charge in [-0.1, -0.05) is 23.7 Å². The molecule has 0 saturated carbocycles. The molecule has 1 N–H and O–H groups in total. The molecule has 3 saturated heterocycles. The van der Waals surface area contributed by atoms with Gasteiger partial charge in [-0.15, -0.1) is 0 Å². The molecule has 0 spiro atoms. The van der Waals surface area contributed by atoms with Crippen LogP contribution in [0.4, 0.5) is 9.18 Å². The molecule has 6 rings (SSSR count). The van der Waals surface area contributed by atoms with E-state index in [1.807, 2.05) is 50.1 Å². The monoisotopic (exact) mass is 666 g/mol. The summed E-state index contributed by atoms with van der Waals surface area (Å²) >= 11 is 6.41. The zero-order chi connectivity index (χ0) is 33.3.